The smallest absolute Gasteiger partial charge is 0.262 e. The Hall–Kier alpha value is -3.16. The molecule has 2 aromatic carbocycles. The summed E-state index contributed by atoms with van der Waals surface area (Å²) in [4.78, 5) is 20.3. The van der Waals surface area contributed by atoms with Crippen LogP contribution in [0.3, 0.4) is 0 Å². The third kappa shape index (κ3) is 7.22. The van der Waals surface area contributed by atoms with Gasteiger partial charge in [0.2, 0.25) is 6.41 Å². The molecule has 0 fully saturated rings. The van der Waals surface area contributed by atoms with Crippen LogP contribution in [0.15, 0.2) is 42.5 Å². The molecule has 0 radical (unpaired) electrons. The third-order valence-corrected chi connectivity index (χ3v) is 3.68. The normalized spacial score (nSPS) is 13.8. The first-order valence-corrected chi connectivity index (χ1v) is 8.77. The third-order valence-electron chi connectivity index (χ3n) is 3.68. The number of primary amides is 1. The molecule has 2 aromatic rings. The molecule has 6 nitrogen and oxygen atoms in total. The molecule has 152 valence electrons. The van der Waals surface area contributed by atoms with Gasteiger partial charge in [-0.1, -0.05) is 25.1 Å². The summed E-state index contributed by atoms with van der Waals surface area (Å²) in [5.41, 5.74) is 5.19. The van der Waals surface area contributed by atoms with E-state index in [0.717, 1.165) is 17.9 Å². The van der Waals surface area contributed by atoms with Gasteiger partial charge in [0, 0.05) is 12.1 Å². The van der Waals surface area contributed by atoms with Gasteiger partial charge in [-0.15, -0.1) is 0 Å². The highest BCUT2D eigenvalue weighted by molar-refractivity contribution is 5.83. The lowest BCUT2D eigenvalue weighted by molar-refractivity contribution is -0.127. The number of halogens is 2. The van der Waals surface area contributed by atoms with Gasteiger partial charge in [0.15, 0.2) is 6.10 Å². The standard InChI is InChI=1S/C12H16N2O2.C7H6F2.CH3NO/c1-2-7-13-12(15)11-8-14-9-5-3-4-6-10(9)16-11;1-5-6(8)3-2-4-7(5)9;2-1-3/h3-6,11,14H,2,7-8H2,1H3,(H,13,15);2-4H,1H3;1H,(H2,2,3). The van der Waals surface area contributed by atoms with Crippen LogP contribution in [0.2, 0.25) is 0 Å². The lowest BCUT2D eigenvalue weighted by Gasteiger charge is -2.26. The van der Waals surface area contributed by atoms with E-state index in [1.807, 2.05) is 31.2 Å². The number of amides is 2. The summed E-state index contributed by atoms with van der Waals surface area (Å²) >= 11 is 0. The first kappa shape index (κ1) is 22.9. The summed E-state index contributed by atoms with van der Waals surface area (Å²) in [6.07, 6.45) is 0.754. The minimum atomic E-state index is -0.491. The Kier molecular flexibility index (Phi) is 10.0. The van der Waals surface area contributed by atoms with Crippen molar-refractivity contribution in [1.29, 1.82) is 0 Å². The lowest BCUT2D eigenvalue weighted by atomic mass is 10.2. The van der Waals surface area contributed by atoms with Crippen molar-refractivity contribution < 1.29 is 23.1 Å². The Morgan fingerprint density at radius 1 is 1.25 bits per heavy atom. The maximum absolute atomic E-state index is 12.3. The van der Waals surface area contributed by atoms with Gasteiger partial charge in [-0.05, 0) is 37.6 Å². The van der Waals surface area contributed by atoms with E-state index in [1.54, 1.807) is 0 Å². The van der Waals surface area contributed by atoms with Crippen molar-refractivity contribution in [2.75, 3.05) is 18.4 Å². The molecule has 1 aliphatic rings. The number of nitrogens with one attached hydrogen (secondary N) is 2. The molecule has 0 aromatic heterocycles. The van der Waals surface area contributed by atoms with Crippen LogP contribution in [0, 0.1) is 18.6 Å². The van der Waals surface area contributed by atoms with E-state index in [1.165, 1.54) is 25.1 Å². The van der Waals surface area contributed by atoms with Crippen molar-refractivity contribution in [2.45, 2.75) is 26.4 Å². The van der Waals surface area contributed by atoms with E-state index < -0.39 is 17.7 Å². The summed E-state index contributed by atoms with van der Waals surface area (Å²) in [6.45, 7) is 4.65. The molecule has 0 bridgehead atoms. The number of carbonyl (C=O) groups is 2. The average molecular weight is 393 g/mol. The predicted molar refractivity (Wildman–Crippen MR) is 104 cm³/mol. The predicted octanol–water partition coefficient (Wildman–Crippen LogP) is 2.76. The molecule has 1 heterocycles. The molecule has 28 heavy (non-hydrogen) atoms. The van der Waals surface area contributed by atoms with Crippen molar-refractivity contribution >= 4 is 18.0 Å². The number of para-hydroxylation sites is 2. The van der Waals surface area contributed by atoms with E-state index in [4.69, 9.17) is 9.53 Å². The summed E-state index contributed by atoms with van der Waals surface area (Å²) in [7, 11) is 0. The Bertz CT molecular complexity index is 752. The molecule has 1 aliphatic heterocycles. The van der Waals surface area contributed by atoms with Crippen molar-refractivity contribution in [2.24, 2.45) is 5.73 Å². The molecular formula is C20H25F2N3O3. The topological polar surface area (TPSA) is 93.4 Å². The number of nitrogens with two attached hydrogens (primary N) is 1. The minimum absolute atomic E-state index is 0.0520. The number of ether oxygens (including phenoxy) is 1. The maximum Gasteiger partial charge on any atom is 0.262 e. The highest BCUT2D eigenvalue weighted by Crippen LogP contribution is 2.28. The highest BCUT2D eigenvalue weighted by atomic mass is 19.1. The summed E-state index contributed by atoms with van der Waals surface area (Å²) in [5, 5.41) is 6.01. The molecule has 8 heteroatoms. The van der Waals surface area contributed by atoms with Gasteiger partial charge < -0.3 is 21.1 Å². The van der Waals surface area contributed by atoms with E-state index in [-0.39, 0.29) is 17.9 Å². The van der Waals surface area contributed by atoms with Gasteiger partial charge in [0.25, 0.3) is 5.91 Å². The fourth-order valence-electron chi connectivity index (χ4n) is 2.20. The Morgan fingerprint density at radius 3 is 2.43 bits per heavy atom. The average Bonchev–Trinajstić information content (AvgIpc) is 2.71. The number of benzene rings is 2. The number of carbonyl (C=O) groups excluding carboxylic acids is 2. The first-order chi connectivity index (χ1) is 13.4. The second kappa shape index (κ2) is 12.3. The van der Waals surface area contributed by atoms with Gasteiger partial charge in [0.05, 0.1) is 12.2 Å². The molecule has 1 unspecified atom stereocenters. The van der Waals surface area contributed by atoms with Gasteiger partial charge in [-0.3, -0.25) is 9.59 Å². The van der Waals surface area contributed by atoms with Crippen molar-refractivity contribution in [1.82, 2.24) is 5.32 Å². The van der Waals surface area contributed by atoms with Gasteiger partial charge >= 0.3 is 0 Å². The number of hydrogen-bond acceptors (Lipinski definition) is 4. The Balaban J connectivity index is 0.000000276. The second-order valence-electron chi connectivity index (χ2n) is 5.76. The van der Waals surface area contributed by atoms with Crippen LogP contribution in [0.1, 0.15) is 18.9 Å². The van der Waals surface area contributed by atoms with Crippen LogP contribution >= 0.6 is 0 Å². The molecule has 4 N–H and O–H groups in total. The van der Waals surface area contributed by atoms with Crippen molar-refractivity contribution in [3.8, 4) is 5.75 Å². The SMILES string of the molecule is CCCNC(=O)C1CNc2ccccc2O1.Cc1c(F)cccc1F.NC=O. The fourth-order valence-corrected chi connectivity index (χ4v) is 2.20. The summed E-state index contributed by atoms with van der Waals surface area (Å²) in [6, 6.07) is 11.4. The minimum Gasteiger partial charge on any atom is -0.477 e. The van der Waals surface area contributed by atoms with Crippen LogP contribution in [0.4, 0.5) is 14.5 Å². The molecule has 3 rings (SSSR count). The lowest BCUT2D eigenvalue weighted by Crippen LogP contribution is -2.44. The van der Waals surface area contributed by atoms with Crippen LogP contribution in [0.5, 0.6) is 5.75 Å². The number of hydrogen-bond donors (Lipinski definition) is 3. The maximum atomic E-state index is 12.3. The highest BCUT2D eigenvalue weighted by Gasteiger charge is 2.24. The van der Waals surface area contributed by atoms with E-state index in [9.17, 15) is 13.6 Å². The quantitative estimate of drug-likeness (QED) is 0.699. The zero-order valence-electron chi connectivity index (χ0n) is 15.9. The Morgan fingerprint density at radius 2 is 1.86 bits per heavy atom. The van der Waals surface area contributed by atoms with Crippen LogP contribution in [-0.2, 0) is 9.59 Å². The zero-order chi connectivity index (χ0) is 20.9. The summed E-state index contributed by atoms with van der Waals surface area (Å²) < 4.78 is 30.3. The van der Waals surface area contributed by atoms with Crippen molar-refractivity contribution in [3.05, 3.63) is 59.7 Å². The van der Waals surface area contributed by atoms with E-state index in [0.29, 0.717) is 13.1 Å². The molecule has 0 saturated carbocycles. The molecule has 1 atom stereocenters. The fraction of sp³-hybridized carbons (Fsp3) is 0.300. The van der Waals surface area contributed by atoms with Gasteiger partial charge in [-0.2, -0.15) is 0 Å². The summed E-state index contributed by atoms with van der Waals surface area (Å²) in [5.74, 6) is -0.292. The zero-order valence-corrected chi connectivity index (χ0v) is 15.9. The Labute approximate surface area is 163 Å². The van der Waals surface area contributed by atoms with Crippen LogP contribution in [-0.4, -0.2) is 31.5 Å². The van der Waals surface area contributed by atoms with Crippen molar-refractivity contribution in [3.63, 3.8) is 0 Å². The molecule has 0 aliphatic carbocycles. The molecule has 2 amide bonds. The van der Waals surface area contributed by atoms with Gasteiger partial charge in [-0.25, -0.2) is 8.78 Å². The molecule has 0 saturated heterocycles. The van der Waals surface area contributed by atoms with Crippen LogP contribution < -0.4 is 21.1 Å². The second-order valence-corrected chi connectivity index (χ2v) is 5.76. The van der Waals surface area contributed by atoms with Crippen LogP contribution in [0.25, 0.3) is 0 Å². The number of fused-ring (bicyclic) bond motifs is 1. The molecule has 0 spiro atoms. The first-order valence-electron chi connectivity index (χ1n) is 8.77. The number of anilines is 1. The molecular weight excluding hydrogens is 368 g/mol. The van der Waals surface area contributed by atoms with Gasteiger partial charge in [0.1, 0.15) is 17.4 Å². The largest absolute Gasteiger partial charge is 0.477 e. The van der Waals surface area contributed by atoms with E-state index in [2.05, 4.69) is 16.4 Å². The monoisotopic (exact) mass is 393 g/mol. The van der Waals surface area contributed by atoms with E-state index >= 15 is 0 Å². The number of rotatable bonds is 3.